The summed E-state index contributed by atoms with van der Waals surface area (Å²) in [5, 5.41) is 10.1. The van der Waals surface area contributed by atoms with Crippen molar-refractivity contribution < 1.29 is 29.0 Å². The zero-order valence-electron chi connectivity index (χ0n) is 22.9. The molecule has 0 aromatic heterocycles. The van der Waals surface area contributed by atoms with E-state index in [-0.39, 0.29) is 29.7 Å². The SMILES string of the molecule is CCC1CC(C2CCN(C(N)CC3(C(=O)O)C(=O)c4cccc(c4)C3=O)CC2)CCN1C(=O)OC(C)(C)C. The van der Waals surface area contributed by atoms with Gasteiger partial charge in [0.05, 0.1) is 6.17 Å². The van der Waals surface area contributed by atoms with Gasteiger partial charge in [-0.05, 0) is 83.9 Å². The van der Waals surface area contributed by atoms with Crippen LogP contribution in [0.15, 0.2) is 24.3 Å². The van der Waals surface area contributed by atoms with Crippen LogP contribution in [0.4, 0.5) is 4.79 Å². The Balaban J connectivity index is 1.36. The molecule has 9 nitrogen and oxygen atoms in total. The molecule has 2 heterocycles. The highest BCUT2D eigenvalue weighted by Gasteiger charge is 2.56. The fourth-order valence-corrected chi connectivity index (χ4v) is 6.49. The van der Waals surface area contributed by atoms with Crippen LogP contribution < -0.4 is 5.73 Å². The summed E-state index contributed by atoms with van der Waals surface area (Å²) in [5.74, 6) is -1.83. The van der Waals surface area contributed by atoms with Gasteiger partial charge in [0.15, 0.2) is 17.0 Å². The van der Waals surface area contributed by atoms with Crippen molar-refractivity contribution in [3.05, 3.63) is 35.4 Å². The summed E-state index contributed by atoms with van der Waals surface area (Å²) in [4.78, 5) is 55.3. The van der Waals surface area contributed by atoms with Gasteiger partial charge in [-0.1, -0.05) is 25.1 Å². The lowest BCUT2D eigenvalue weighted by Gasteiger charge is -2.45. The second-order valence-electron chi connectivity index (χ2n) is 12.1. The lowest BCUT2D eigenvalue weighted by Crippen LogP contribution is -2.56. The first-order valence-corrected chi connectivity index (χ1v) is 13.8. The number of Topliss-reactive ketones (excluding diaryl/α,β-unsaturated/α-hetero) is 2. The number of fused-ring (bicyclic) bond motifs is 2. The standard InChI is InChI=1S/C29H41N3O6/c1-5-22-16-19(11-14-32(22)27(37)38-28(2,3)4)18-9-12-31(13-10-18)23(30)17-29(26(35)36)24(33)20-7-6-8-21(15-20)25(29)34/h6-8,15,18-19,22-23H,5,9-14,16-17,30H2,1-4H3,(H,35,36). The summed E-state index contributed by atoms with van der Waals surface area (Å²) in [6.45, 7) is 9.79. The molecule has 2 fully saturated rings. The molecular weight excluding hydrogens is 486 g/mol. The van der Waals surface area contributed by atoms with Gasteiger partial charge in [0, 0.05) is 30.1 Å². The number of piperidine rings is 2. The third kappa shape index (κ3) is 5.36. The number of nitrogens with zero attached hydrogens (tertiary/aromatic N) is 2. The van der Waals surface area contributed by atoms with E-state index in [1.54, 1.807) is 18.2 Å². The third-order valence-electron chi connectivity index (χ3n) is 8.61. The monoisotopic (exact) mass is 527 g/mol. The molecule has 1 aliphatic carbocycles. The van der Waals surface area contributed by atoms with E-state index in [0.29, 0.717) is 31.5 Å². The number of ether oxygens (including phenoxy) is 1. The number of carbonyl (C=O) groups is 4. The smallest absolute Gasteiger partial charge is 0.410 e. The lowest BCUT2D eigenvalue weighted by atomic mass is 9.67. The first kappa shape index (κ1) is 28.2. The number of carboxylic acid groups (broad SMARTS) is 1. The second kappa shape index (κ2) is 10.8. The molecule has 0 radical (unpaired) electrons. The molecule has 2 aliphatic heterocycles. The zero-order valence-corrected chi connectivity index (χ0v) is 22.9. The molecule has 4 rings (SSSR count). The van der Waals surface area contributed by atoms with Gasteiger partial charge in [-0.2, -0.15) is 0 Å². The van der Waals surface area contributed by atoms with Gasteiger partial charge in [-0.15, -0.1) is 0 Å². The van der Waals surface area contributed by atoms with Crippen molar-refractivity contribution >= 4 is 23.6 Å². The summed E-state index contributed by atoms with van der Waals surface area (Å²) >= 11 is 0. The molecule has 1 aromatic rings. The van der Waals surface area contributed by atoms with Crippen molar-refractivity contribution in [2.75, 3.05) is 19.6 Å². The highest BCUT2D eigenvalue weighted by molar-refractivity contribution is 6.33. The molecule has 208 valence electrons. The fourth-order valence-electron chi connectivity index (χ4n) is 6.49. The number of carboxylic acids is 1. The average Bonchev–Trinajstić information content (AvgIpc) is 2.88. The zero-order chi connectivity index (χ0) is 27.8. The molecule has 0 saturated carbocycles. The number of amides is 1. The first-order valence-electron chi connectivity index (χ1n) is 13.8. The molecule has 3 atom stereocenters. The summed E-state index contributed by atoms with van der Waals surface area (Å²) in [6, 6.07) is 6.30. The Hall–Kier alpha value is -2.78. The molecule has 2 saturated heterocycles. The van der Waals surface area contributed by atoms with Crippen molar-refractivity contribution in [2.24, 2.45) is 23.0 Å². The van der Waals surface area contributed by atoms with Crippen LogP contribution in [0.1, 0.15) is 86.9 Å². The Labute approximate surface area is 224 Å². The molecule has 1 aromatic carbocycles. The summed E-state index contributed by atoms with van der Waals surface area (Å²) in [6.07, 6.45) is 3.34. The van der Waals surface area contributed by atoms with Crippen LogP contribution in [0, 0.1) is 17.3 Å². The Kier molecular flexibility index (Phi) is 8.00. The van der Waals surface area contributed by atoms with Gasteiger partial charge in [0.25, 0.3) is 0 Å². The van der Waals surface area contributed by atoms with E-state index in [1.165, 1.54) is 6.07 Å². The second-order valence-corrected chi connectivity index (χ2v) is 12.1. The summed E-state index contributed by atoms with van der Waals surface area (Å²) in [5.41, 5.74) is 4.26. The Morgan fingerprint density at radius 2 is 1.66 bits per heavy atom. The molecule has 2 bridgehead atoms. The number of ketones is 2. The van der Waals surface area contributed by atoms with E-state index in [9.17, 15) is 24.3 Å². The minimum Gasteiger partial charge on any atom is -0.480 e. The number of benzene rings is 1. The van der Waals surface area contributed by atoms with Crippen LogP contribution in [0.25, 0.3) is 0 Å². The van der Waals surface area contributed by atoms with E-state index in [2.05, 4.69) is 6.92 Å². The van der Waals surface area contributed by atoms with E-state index < -0.39 is 34.7 Å². The van der Waals surface area contributed by atoms with Gasteiger partial charge in [-0.3, -0.25) is 19.3 Å². The predicted octanol–water partition coefficient (Wildman–Crippen LogP) is 3.95. The number of likely N-dealkylation sites (tertiary alicyclic amines) is 2. The first-order chi connectivity index (χ1) is 17.9. The minimum absolute atomic E-state index is 0.153. The van der Waals surface area contributed by atoms with Gasteiger partial charge in [0.2, 0.25) is 0 Å². The topological polar surface area (TPSA) is 130 Å². The number of hydrogen-bond donors (Lipinski definition) is 2. The number of aliphatic carboxylic acids is 1. The van der Waals surface area contributed by atoms with E-state index in [1.807, 2.05) is 30.6 Å². The maximum Gasteiger partial charge on any atom is 0.410 e. The third-order valence-corrected chi connectivity index (χ3v) is 8.61. The molecule has 3 N–H and O–H groups in total. The molecule has 3 aliphatic rings. The highest BCUT2D eigenvalue weighted by Crippen LogP contribution is 2.40. The number of hydrogen-bond acceptors (Lipinski definition) is 7. The lowest BCUT2D eigenvalue weighted by molar-refractivity contribution is -0.144. The van der Waals surface area contributed by atoms with Crippen LogP contribution in [0.2, 0.25) is 0 Å². The van der Waals surface area contributed by atoms with Gasteiger partial charge in [0.1, 0.15) is 5.60 Å². The highest BCUT2D eigenvalue weighted by atomic mass is 16.6. The van der Waals surface area contributed by atoms with Crippen molar-refractivity contribution in [2.45, 2.75) is 84.0 Å². The van der Waals surface area contributed by atoms with Gasteiger partial charge < -0.3 is 20.5 Å². The molecule has 0 spiro atoms. The Bertz CT molecular complexity index is 1060. The largest absolute Gasteiger partial charge is 0.480 e. The maximum atomic E-state index is 13.1. The van der Waals surface area contributed by atoms with Crippen LogP contribution in [-0.4, -0.2) is 76.0 Å². The number of nitrogens with two attached hydrogens (primary N) is 1. The fraction of sp³-hybridized carbons (Fsp3) is 0.655. The van der Waals surface area contributed by atoms with Crippen LogP contribution in [0.5, 0.6) is 0 Å². The van der Waals surface area contributed by atoms with Crippen molar-refractivity contribution in [1.82, 2.24) is 9.80 Å². The molecular formula is C29H41N3O6. The predicted molar refractivity (Wildman–Crippen MR) is 142 cm³/mol. The number of rotatable bonds is 6. The van der Waals surface area contributed by atoms with E-state index in [0.717, 1.165) is 32.1 Å². The molecule has 1 amide bonds. The van der Waals surface area contributed by atoms with E-state index in [4.69, 9.17) is 10.5 Å². The van der Waals surface area contributed by atoms with Crippen LogP contribution >= 0.6 is 0 Å². The van der Waals surface area contributed by atoms with Crippen LogP contribution in [0.3, 0.4) is 0 Å². The van der Waals surface area contributed by atoms with Crippen LogP contribution in [-0.2, 0) is 9.53 Å². The van der Waals surface area contributed by atoms with Crippen molar-refractivity contribution in [3.8, 4) is 0 Å². The molecule has 38 heavy (non-hydrogen) atoms. The average molecular weight is 528 g/mol. The Morgan fingerprint density at radius 1 is 1.08 bits per heavy atom. The maximum absolute atomic E-state index is 13.1. The van der Waals surface area contributed by atoms with Crippen molar-refractivity contribution in [1.29, 1.82) is 0 Å². The normalized spacial score (nSPS) is 25.2. The molecule has 9 heteroatoms. The van der Waals surface area contributed by atoms with Gasteiger partial charge in [-0.25, -0.2) is 4.79 Å². The minimum atomic E-state index is -2.18. The quantitative estimate of drug-likeness (QED) is 0.532. The number of carbonyl (C=O) groups excluding carboxylic acids is 3. The summed E-state index contributed by atoms with van der Waals surface area (Å²) in [7, 11) is 0. The van der Waals surface area contributed by atoms with Crippen molar-refractivity contribution in [3.63, 3.8) is 0 Å². The Morgan fingerprint density at radius 3 is 2.18 bits per heavy atom. The molecule has 3 unspecified atom stereocenters. The van der Waals surface area contributed by atoms with E-state index >= 15 is 0 Å². The van der Waals surface area contributed by atoms with Gasteiger partial charge >= 0.3 is 12.1 Å². The summed E-state index contributed by atoms with van der Waals surface area (Å²) < 4.78 is 5.62.